The van der Waals surface area contributed by atoms with Crippen molar-refractivity contribution in [2.45, 2.75) is 26.5 Å². The van der Waals surface area contributed by atoms with Gasteiger partial charge in [-0.05, 0) is 37.2 Å². The van der Waals surface area contributed by atoms with Crippen LogP contribution in [-0.2, 0) is 17.9 Å². The molecule has 0 atom stereocenters. The van der Waals surface area contributed by atoms with E-state index in [1.807, 2.05) is 42.5 Å². The molecule has 0 aliphatic rings. The van der Waals surface area contributed by atoms with Gasteiger partial charge in [0.15, 0.2) is 0 Å². The van der Waals surface area contributed by atoms with E-state index in [1.54, 1.807) is 0 Å². The monoisotopic (exact) mass is 289 g/mol. The Kier molecular flexibility index (Phi) is 6.84. The Hall–Kier alpha value is -1.78. The minimum Gasteiger partial charge on any atom is -0.491 e. The molecule has 4 nitrogen and oxygen atoms in total. The van der Waals surface area contributed by atoms with E-state index in [2.05, 4.69) is 12.2 Å². The van der Waals surface area contributed by atoms with Gasteiger partial charge in [-0.2, -0.15) is 0 Å². The van der Waals surface area contributed by atoms with Crippen LogP contribution in [0.4, 0.5) is 0 Å². The normalized spacial score (nSPS) is 10.7. The molecule has 2 aromatic rings. The molecule has 1 N–H and O–H groups in total. The number of nitrogens with one attached hydrogen (secondary N) is 1. The third kappa shape index (κ3) is 6.02. The number of hydrogen-bond acceptors (Lipinski definition) is 4. The Bertz CT molecular complexity index is 496. The SMILES string of the molecule is CCCNCc1ccc(COCCOc2ccccc2)o1. The van der Waals surface area contributed by atoms with Gasteiger partial charge in [-0.3, -0.25) is 0 Å². The van der Waals surface area contributed by atoms with Gasteiger partial charge in [-0.25, -0.2) is 0 Å². The molecule has 2 rings (SSSR count). The first-order chi connectivity index (χ1) is 10.4. The van der Waals surface area contributed by atoms with E-state index in [0.29, 0.717) is 19.8 Å². The highest BCUT2D eigenvalue weighted by atomic mass is 16.5. The van der Waals surface area contributed by atoms with Crippen molar-refractivity contribution in [2.75, 3.05) is 19.8 Å². The molecule has 0 radical (unpaired) electrons. The Morgan fingerprint density at radius 1 is 1.00 bits per heavy atom. The maximum atomic E-state index is 5.67. The summed E-state index contributed by atoms with van der Waals surface area (Å²) in [6, 6.07) is 13.7. The van der Waals surface area contributed by atoms with E-state index in [4.69, 9.17) is 13.9 Å². The summed E-state index contributed by atoms with van der Waals surface area (Å²) in [7, 11) is 0. The molecule has 0 saturated carbocycles. The second kappa shape index (κ2) is 9.21. The number of rotatable bonds is 10. The lowest BCUT2D eigenvalue weighted by Crippen LogP contribution is -2.13. The maximum Gasteiger partial charge on any atom is 0.129 e. The molecule has 0 bridgehead atoms. The third-order valence-corrected chi connectivity index (χ3v) is 2.93. The highest BCUT2D eigenvalue weighted by Gasteiger charge is 2.02. The standard InChI is InChI=1S/C17H23NO3/c1-2-10-18-13-16-8-9-17(21-16)14-19-11-12-20-15-6-4-3-5-7-15/h3-9,18H,2,10-14H2,1H3. The predicted octanol–water partition coefficient (Wildman–Crippen LogP) is 3.37. The number of benzene rings is 1. The zero-order chi connectivity index (χ0) is 14.8. The van der Waals surface area contributed by atoms with Crippen LogP contribution >= 0.6 is 0 Å². The summed E-state index contributed by atoms with van der Waals surface area (Å²) in [6.07, 6.45) is 1.12. The number of para-hydroxylation sites is 1. The summed E-state index contributed by atoms with van der Waals surface area (Å²) in [5.41, 5.74) is 0. The average molecular weight is 289 g/mol. The van der Waals surface area contributed by atoms with Crippen molar-refractivity contribution in [3.63, 3.8) is 0 Å². The molecular formula is C17H23NO3. The topological polar surface area (TPSA) is 43.6 Å². The second-order valence-corrected chi connectivity index (χ2v) is 4.76. The number of ether oxygens (including phenoxy) is 2. The lowest BCUT2D eigenvalue weighted by Gasteiger charge is -2.06. The van der Waals surface area contributed by atoms with E-state index < -0.39 is 0 Å². The molecule has 0 aliphatic heterocycles. The molecule has 0 aliphatic carbocycles. The van der Waals surface area contributed by atoms with Crippen LogP contribution in [0.3, 0.4) is 0 Å². The summed E-state index contributed by atoms with van der Waals surface area (Å²) >= 11 is 0. The fourth-order valence-corrected chi connectivity index (χ4v) is 1.89. The lowest BCUT2D eigenvalue weighted by molar-refractivity contribution is 0.0774. The van der Waals surface area contributed by atoms with Gasteiger partial charge in [0.1, 0.15) is 30.5 Å². The van der Waals surface area contributed by atoms with Crippen LogP contribution in [0.2, 0.25) is 0 Å². The third-order valence-electron chi connectivity index (χ3n) is 2.93. The Morgan fingerprint density at radius 3 is 2.62 bits per heavy atom. The van der Waals surface area contributed by atoms with E-state index >= 15 is 0 Å². The molecule has 1 aromatic heterocycles. The van der Waals surface area contributed by atoms with Gasteiger partial charge < -0.3 is 19.2 Å². The van der Waals surface area contributed by atoms with Crippen LogP contribution in [0.15, 0.2) is 46.9 Å². The van der Waals surface area contributed by atoms with Crippen molar-refractivity contribution in [3.05, 3.63) is 54.0 Å². The van der Waals surface area contributed by atoms with E-state index in [1.165, 1.54) is 0 Å². The van der Waals surface area contributed by atoms with E-state index in [9.17, 15) is 0 Å². The molecule has 4 heteroatoms. The lowest BCUT2D eigenvalue weighted by atomic mass is 10.3. The van der Waals surface area contributed by atoms with Gasteiger partial charge in [0.25, 0.3) is 0 Å². The van der Waals surface area contributed by atoms with Crippen LogP contribution in [-0.4, -0.2) is 19.8 Å². The zero-order valence-electron chi connectivity index (χ0n) is 12.5. The molecule has 21 heavy (non-hydrogen) atoms. The van der Waals surface area contributed by atoms with Gasteiger partial charge in [0, 0.05) is 0 Å². The summed E-state index contributed by atoms with van der Waals surface area (Å²) in [5.74, 6) is 2.66. The van der Waals surface area contributed by atoms with Gasteiger partial charge in [0.2, 0.25) is 0 Å². The fraction of sp³-hybridized carbons (Fsp3) is 0.412. The van der Waals surface area contributed by atoms with Crippen molar-refractivity contribution in [2.24, 2.45) is 0 Å². The summed E-state index contributed by atoms with van der Waals surface area (Å²) in [6.45, 7) is 5.47. The van der Waals surface area contributed by atoms with Crippen molar-refractivity contribution in [1.82, 2.24) is 5.32 Å². The molecule has 114 valence electrons. The summed E-state index contributed by atoms with van der Waals surface area (Å²) in [4.78, 5) is 0. The molecule has 0 fully saturated rings. The van der Waals surface area contributed by atoms with Crippen LogP contribution in [0.5, 0.6) is 5.75 Å². The van der Waals surface area contributed by atoms with Gasteiger partial charge in [0.05, 0.1) is 13.2 Å². The minimum absolute atomic E-state index is 0.478. The quantitative estimate of drug-likeness (QED) is 0.681. The zero-order valence-corrected chi connectivity index (χ0v) is 12.5. The Balaban J connectivity index is 1.58. The smallest absolute Gasteiger partial charge is 0.129 e. The summed E-state index contributed by atoms with van der Waals surface area (Å²) < 4.78 is 16.8. The molecule has 0 spiro atoms. The van der Waals surface area contributed by atoms with Crippen LogP contribution < -0.4 is 10.1 Å². The first-order valence-electron chi connectivity index (χ1n) is 7.42. The fourth-order valence-electron chi connectivity index (χ4n) is 1.89. The van der Waals surface area contributed by atoms with E-state index in [0.717, 1.165) is 36.8 Å². The molecule has 1 aromatic carbocycles. The van der Waals surface area contributed by atoms with Crippen molar-refractivity contribution >= 4 is 0 Å². The Morgan fingerprint density at radius 2 is 1.81 bits per heavy atom. The van der Waals surface area contributed by atoms with Crippen LogP contribution in [0.1, 0.15) is 24.9 Å². The van der Waals surface area contributed by atoms with Crippen molar-refractivity contribution in [3.8, 4) is 5.75 Å². The van der Waals surface area contributed by atoms with Gasteiger partial charge in [-0.15, -0.1) is 0 Å². The predicted molar refractivity (Wildman–Crippen MR) is 82.3 cm³/mol. The van der Waals surface area contributed by atoms with Crippen molar-refractivity contribution < 1.29 is 13.9 Å². The molecule has 0 unspecified atom stereocenters. The Labute approximate surface area is 126 Å². The largest absolute Gasteiger partial charge is 0.491 e. The first kappa shape index (κ1) is 15.6. The van der Waals surface area contributed by atoms with Crippen LogP contribution in [0.25, 0.3) is 0 Å². The molecule has 1 heterocycles. The first-order valence-corrected chi connectivity index (χ1v) is 7.42. The highest BCUT2D eigenvalue weighted by Crippen LogP contribution is 2.10. The molecular weight excluding hydrogens is 266 g/mol. The van der Waals surface area contributed by atoms with E-state index in [-0.39, 0.29) is 0 Å². The molecule has 0 saturated heterocycles. The number of furan rings is 1. The van der Waals surface area contributed by atoms with Crippen LogP contribution in [0, 0.1) is 0 Å². The number of hydrogen-bond donors (Lipinski definition) is 1. The maximum absolute atomic E-state index is 5.67. The second-order valence-electron chi connectivity index (χ2n) is 4.76. The molecule has 0 amide bonds. The van der Waals surface area contributed by atoms with Crippen molar-refractivity contribution in [1.29, 1.82) is 0 Å². The highest BCUT2D eigenvalue weighted by molar-refractivity contribution is 5.20. The van der Waals surface area contributed by atoms with Gasteiger partial charge in [-0.1, -0.05) is 25.1 Å². The van der Waals surface area contributed by atoms with Gasteiger partial charge >= 0.3 is 0 Å². The average Bonchev–Trinajstić information content (AvgIpc) is 2.96. The minimum atomic E-state index is 0.478. The summed E-state index contributed by atoms with van der Waals surface area (Å²) in [5, 5.41) is 3.30.